The molecule has 0 aromatic heterocycles. The van der Waals surface area contributed by atoms with Crippen molar-refractivity contribution in [2.24, 2.45) is 0 Å². The Morgan fingerprint density at radius 3 is 2.50 bits per heavy atom. The van der Waals surface area contributed by atoms with Crippen LogP contribution in [0.1, 0.15) is 29.0 Å². The normalized spacial score (nSPS) is 17.1. The standard InChI is InChI=1S/C17H17Cl2N/c1-20(2)13-6-3-11-4-7-14(15(11)10-13)12-5-8-16(18)17(19)9-12/h3,5-6,8-10,14H,4,7H2,1-2H3. The molecule has 3 rings (SSSR count). The molecule has 3 heteroatoms. The van der Waals surface area contributed by atoms with Crippen molar-refractivity contribution in [3.05, 3.63) is 63.1 Å². The maximum atomic E-state index is 6.16. The highest BCUT2D eigenvalue weighted by Crippen LogP contribution is 2.41. The molecule has 104 valence electrons. The minimum Gasteiger partial charge on any atom is -0.378 e. The summed E-state index contributed by atoms with van der Waals surface area (Å²) in [6, 6.07) is 12.7. The van der Waals surface area contributed by atoms with Gasteiger partial charge in [0.2, 0.25) is 0 Å². The van der Waals surface area contributed by atoms with Crippen LogP contribution in [-0.2, 0) is 6.42 Å². The molecule has 0 radical (unpaired) electrons. The highest BCUT2D eigenvalue weighted by molar-refractivity contribution is 6.42. The van der Waals surface area contributed by atoms with Crippen LogP contribution in [0.2, 0.25) is 10.0 Å². The van der Waals surface area contributed by atoms with Crippen molar-refractivity contribution < 1.29 is 0 Å². The third-order valence-corrected chi connectivity index (χ3v) is 4.81. The molecular weight excluding hydrogens is 289 g/mol. The second kappa shape index (κ2) is 5.31. The molecule has 2 aromatic carbocycles. The highest BCUT2D eigenvalue weighted by Gasteiger charge is 2.24. The van der Waals surface area contributed by atoms with Crippen LogP contribution in [0.25, 0.3) is 0 Å². The smallest absolute Gasteiger partial charge is 0.0595 e. The molecule has 1 unspecified atom stereocenters. The van der Waals surface area contributed by atoms with Gasteiger partial charge in [-0.15, -0.1) is 0 Å². The van der Waals surface area contributed by atoms with Crippen molar-refractivity contribution in [2.45, 2.75) is 18.8 Å². The fraction of sp³-hybridized carbons (Fsp3) is 0.294. The molecule has 0 aliphatic heterocycles. The van der Waals surface area contributed by atoms with Crippen LogP contribution >= 0.6 is 23.2 Å². The van der Waals surface area contributed by atoms with Gasteiger partial charge in [-0.3, -0.25) is 0 Å². The molecule has 0 heterocycles. The van der Waals surface area contributed by atoms with Crippen LogP contribution in [0.15, 0.2) is 36.4 Å². The Morgan fingerprint density at radius 2 is 1.80 bits per heavy atom. The lowest BCUT2D eigenvalue weighted by atomic mass is 9.93. The fourth-order valence-electron chi connectivity index (χ4n) is 2.94. The van der Waals surface area contributed by atoms with E-state index in [9.17, 15) is 0 Å². The molecule has 1 aliphatic rings. The van der Waals surface area contributed by atoms with Gasteiger partial charge in [-0.05, 0) is 53.8 Å². The minimum atomic E-state index is 0.430. The first-order valence-corrected chi connectivity index (χ1v) is 7.57. The van der Waals surface area contributed by atoms with Gasteiger partial charge in [-0.2, -0.15) is 0 Å². The summed E-state index contributed by atoms with van der Waals surface area (Å²) in [5.74, 6) is 0.430. The molecule has 0 spiro atoms. The average molecular weight is 306 g/mol. The molecule has 0 amide bonds. The Labute approximate surface area is 130 Å². The average Bonchev–Trinajstić information content (AvgIpc) is 2.84. The van der Waals surface area contributed by atoms with Crippen LogP contribution in [0.4, 0.5) is 5.69 Å². The number of fused-ring (bicyclic) bond motifs is 1. The number of nitrogens with zero attached hydrogens (tertiary/aromatic N) is 1. The van der Waals surface area contributed by atoms with Gasteiger partial charge < -0.3 is 4.90 Å². The topological polar surface area (TPSA) is 3.24 Å². The van der Waals surface area contributed by atoms with Crippen LogP contribution in [0.3, 0.4) is 0 Å². The number of hydrogen-bond donors (Lipinski definition) is 0. The number of anilines is 1. The van der Waals surface area contributed by atoms with Crippen molar-refractivity contribution >= 4 is 28.9 Å². The Hall–Kier alpha value is -1.18. The molecule has 0 saturated carbocycles. The second-order valence-electron chi connectivity index (χ2n) is 5.54. The molecule has 1 aliphatic carbocycles. The summed E-state index contributed by atoms with van der Waals surface area (Å²) >= 11 is 12.2. The monoisotopic (exact) mass is 305 g/mol. The fourth-order valence-corrected chi connectivity index (χ4v) is 3.25. The molecule has 20 heavy (non-hydrogen) atoms. The number of aryl methyl sites for hydroxylation is 1. The van der Waals surface area contributed by atoms with Crippen LogP contribution < -0.4 is 4.90 Å². The third kappa shape index (κ3) is 2.41. The number of halogens is 2. The van der Waals surface area contributed by atoms with Crippen molar-refractivity contribution in [1.82, 2.24) is 0 Å². The Morgan fingerprint density at radius 1 is 1.00 bits per heavy atom. The van der Waals surface area contributed by atoms with E-state index >= 15 is 0 Å². The molecular formula is C17H17Cl2N. The van der Waals surface area contributed by atoms with Crippen LogP contribution in [-0.4, -0.2) is 14.1 Å². The largest absolute Gasteiger partial charge is 0.378 e. The summed E-state index contributed by atoms with van der Waals surface area (Å²) < 4.78 is 0. The summed E-state index contributed by atoms with van der Waals surface area (Å²) in [6.07, 6.45) is 2.28. The van der Waals surface area contributed by atoms with Gasteiger partial charge in [0.25, 0.3) is 0 Å². The summed E-state index contributed by atoms with van der Waals surface area (Å²) in [4.78, 5) is 2.14. The first-order valence-electron chi connectivity index (χ1n) is 6.81. The summed E-state index contributed by atoms with van der Waals surface area (Å²) in [7, 11) is 4.15. The van der Waals surface area contributed by atoms with E-state index in [1.165, 1.54) is 22.4 Å². The molecule has 0 saturated heterocycles. The van der Waals surface area contributed by atoms with E-state index in [2.05, 4.69) is 43.3 Å². The van der Waals surface area contributed by atoms with E-state index in [0.717, 1.165) is 12.8 Å². The molecule has 0 fully saturated rings. The minimum absolute atomic E-state index is 0.430. The van der Waals surface area contributed by atoms with Crippen molar-refractivity contribution in [2.75, 3.05) is 19.0 Å². The van der Waals surface area contributed by atoms with Gasteiger partial charge in [-0.1, -0.05) is 35.3 Å². The van der Waals surface area contributed by atoms with E-state index in [4.69, 9.17) is 23.2 Å². The van der Waals surface area contributed by atoms with Crippen LogP contribution in [0, 0.1) is 0 Å². The molecule has 0 bridgehead atoms. The van der Waals surface area contributed by atoms with Crippen molar-refractivity contribution in [3.8, 4) is 0 Å². The van der Waals surface area contributed by atoms with Gasteiger partial charge >= 0.3 is 0 Å². The van der Waals surface area contributed by atoms with E-state index in [-0.39, 0.29) is 0 Å². The van der Waals surface area contributed by atoms with Gasteiger partial charge in [-0.25, -0.2) is 0 Å². The lowest BCUT2D eigenvalue weighted by molar-refractivity contribution is 0.788. The lowest BCUT2D eigenvalue weighted by Crippen LogP contribution is -2.09. The maximum Gasteiger partial charge on any atom is 0.0595 e. The molecule has 2 aromatic rings. The van der Waals surface area contributed by atoms with E-state index in [1.54, 1.807) is 0 Å². The second-order valence-corrected chi connectivity index (χ2v) is 6.36. The Bertz CT molecular complexity index is 649. The van der Waals surface area contributed by atoms with Crippen LogP contribution in [0.5, 0.6) is 0 Å². The zero-order chi connectivity index (χ0) is 14.3. The predicted molar refractivity (Wildman–Crippen MR) is 87.4 cm³/mol. The van der Waals surface area contributed by atoms with Crippen molar-refractivity contribution in [3.63, 3.8) is 0 Å². The zero-order valence-electron chi connectivity index (χ0n) is 11.7. The van der Waals surface area contributed by atoms with Gasteiger partial charge in [0, 0.05) is 25.7 Å². The lowest BCUT2D eigenvalue weighted by Gasteiger charge is -2.17. The van der Waals surface area contributed by atoms with Gasteiger partial charge in [0.15, 0.2) is 0 Å². The molecule has 1 atom stereocenters. The summed E-state index contributed by atoms with van der Waals surface area (Å²) in [6.45, 7) is 0. The number of benzene rings is 2. The van der Waals surface area contributed by atoms with E-state index in [1.807, 2.05) is 12.1 Å². The number of hydrogen-bond acceptors (Lipinski definition) is 1. The first-order chi connectivity index (χ1) is 9.56. The SMILES string of the molecule is CN(C)c1ccc2c(c1)C(c1ccc(Cl)c(Cl)c1)CC2. The quantitative estimate of drug-likeness (QED) is 0.743. The third-order valence-electron chi connectivity index (χ3n) is 4.07. The van der Waals surface area contributed by atoms with E-state index < -0.39 is 0 Å². The van der Waals surface area contributed by atoms with Gasteiger partial charge in [0.05, 0.1) is 10.0 Å². The predicted octanol–water partition coefficient (Wildman–Crippen LogP) is 5.14. The maximum absolute atomic E-state index is 6.16. The highest BCUT2D eigenvalue weighted by atomic mass is 35.5. The summed E-state index contributed by atoms with van der Waals surface area (Å²) in [5, 5.41) is 1.26. The number of rotatable bonds is 2. The first kappa shape index (κ1) is 13.8. The summed E-state index contributed by atoms with van der Waals surface area (Å²) in [5.41, 5.74) is 5.38. The zero-order valence-corrected chi connectivity index (χ0v) is 13.2. The molecule has 1 nitrogen and oxygen atoms in total. The molecule has 0 N–H and O–H groups in total. The Kier molecular flexibility index (Phi) is 3.66. The van der Waals surface area contributed by atoms with Crippen molar-refractivity contribution in [1.29, 1.82) is 0 Å². The van der Waals surface area contributed by atoms with Gasteiger partial charge in [0.1, 0.15) is 0 Å². The Balaban J connectivity index is 2.03. The van der Waals surface area contributed by atoms with E-state index in [0.29, 0.717) is 16.0 Å².